The molecule has 1 aromatic carbocycles. The van der Waals surface area contributed by atoms with E-state index >= 15 is 0 Å². The first-order chi connectivity index (χ1) is 11.6. The second-order valence-corrected chi connectivity index (χ2v) is 6.39. The average Bonchev–Trinajstić information content (AvgIpc) is 2.99. The topological polar surface area (TPSA) is 61.6 Å². The van der Waals surface area contributed by atoms with Crippen LogP contribution in [-0.4, -0.2) is 53.7 Å². The van der Waals surface area contributed by atoms with Crippen LogP contribution in [0.1, 0.15) is 11.3 Å². The summed E-state index contributed by atoms with van der Waals surface area (Å²) >= 11 is 5.90. The number of benzene rings is 1. The minimum Gasteiger partial charge on any atom is -0.360 e. The van der Waals surface area contributed by atoms with E-state index in [2.05, 4.69) is 27.5 Å². The third kappa shape index (κ3) is 4.49. The third-order valence-electron chi connectivity index (χ3n) is 4.15. The van der Waals surface area contributed by atoms with Crippen molar-refractivity contribution in [2.45, 2.75) is 13.3 Å². The molecule has 3 rings (SSSR count). The summed E-state index contributed by atoms with van der Waals surface area (Å²) in [5.41, 5.74) is 1.28. The predicted molar refractivity (Wildman–Crippen MR) is 93.4 cm³/mol. The summed E-state index contributed by atoms with van der Waals surface area (Å²) in [7, 11) is 0. The van der Waals surface area contributed by atoms with Gasteiger partial charge in [-0.15, -0.1) is 0 Å². The number of carbonyl (C=O) groups excluding carboxylic acids is 1. The molecule has 0 unspecified atom stereocenters. The first kappa shape index (κ1) is 16.8. The quantitative estimate of drug-likeness (QED) is 0.922. The summed E-state index contributed by atoms with van der Waals surface area (Å²) in [4.78, 5) is 16.4. The Balaban J connectivity index is 1.42. The van der Waals surface area contributed by atoms with Gasteiger partial charge in [-0.05, 0) is 31.0 Å². The van der Waals surface area contributed by atoms with Crippen LogP contribution in [0.2, 0.25) is 5.02 Å². The third-order valence-corrected chi connectivity index (χ3v) is 4.40. The van der Waals surface area contributed by atoms with Gasteiger partial charge in [0, 0.05) is 43.8 Å². The van der Waals surface area contributed by atoms with Gasteiger partial charge in [0.05, 0.1) is 0 Å². The number of nitrogens with one attached hydrogen (secondary N) is 1. The average molecular weight is 349 g/mol. The molecular formula is C17H21ClN4O2. The molecule has 0 radical (unpaired) electrons. The largest absolute Gasteiger partial charge is 0.360 e. The van der Waals surface area contributed by atoms with Gasteiger partial charge in [-0.25, -0.2) is 4.79 Å². The second-order valence-electron chi connectivity index (χ2n) is 5.96. The summed E-state index contributed by atoms with van der Waals surface area (Å²) in [5.74, 6) is 1.14. The number of halogens is 1. The first-order valence-electron chi connectivity index (χ1n) is 8.06. The van der Waals surface area contributed by atoms with Crippen LogP contribution >= 0.6 is 11.6 Å². The van der Waals surface area contributed by atoms with Gasteiger partial charge in [-0.1, -0.05) is 28.9 Å². The Morgan fingerprint density at radius 2 is 1.96 bits per heavy atom. The Labute approximate surface area is 146 Å². The van der Waals surface area contributed by atoms with Crippen molar-refractivity contribution in [2.24, 2.45) is 0 Å². The number of hydrogen-bond acceptors (Lipinski definition) is 4. The molecule has 1 aliphatic rings. The van der Waals surface area contributed by atoms with E-state index in [0.717, 1.165) is 31.1 Å². The molecule has 7 heteroatoms. The Morgan fingerprint density at radius 3 is 2.58 bits per heavy atom. The molecule has 1 aliphatic heterocycles. The highest BCUT2D eigenvalue weighted by atomic mass is 35.5. The van der Waals surface area contributed by atoms with E-state index in [1.165, 1.54) is 5.56 Å². The second kappa shape index (κ2) is 7.68. The molecule has 0 bridgehead atoms. The summed E-state index contributed by atoms with van der Waals surface area (Å²) in [6.07, 6.45) is 0.988. The highest BCUT2D eigenvalue weighted by Crippen LogP contribution is 2.12. The van der Waals surface area contributed by atoms with E-state index in [0.29, 0.717) is 24.7 Å². The van der Waals surface area contributed by atoms with E-state index in [9.17, 15) is 4.79 Å². The van der Waals surface area contributed by atoms with E-state index in [-0.39, 0.29) is 6.03 Å². The number of piperazine rings is 1. The van der Waals surface area contributed by atoms with Crippen LogP contribution in [0.15, 0.2) is 34.9 Å². The molecule has 2 heterocycles. The predicted octanol–water partition coefficient (Wildman–Crippen LogP) is 3.03. The molecule has 0 atom stereocenters. The lowest BCUT2D eigenvalue weighted by Gasteiger charge is -2.34. The number of urea groups is 1. The molecule has 6 nitrogen and oxygen atoms in total. The fraction of sp³-hybridized carbons (Fsp3) is 0.412. The van der Waals surface area contributed by atoms with E-state index in [4.69, 9.17) is 16.1 Å². The van der Waals surface area contributed by atoms with Crippen LogP contribution in [-0.2, 0) is 6.42 Å². The Bertz CT molecular complexity index is 678. The van der Waals surface area contributed by atoms with Crippen LogP contribution in [0.3, 0.4) is 0 Å². The SMILES string of the molecule is Cc1cc(NC(=O)N2CCN(CCc3ccc(Cl)cc3)CC2)no1. The van der Waals surface area contributed by atoms with Crippen LogP contribution in [0.25, 0.3) is 0 Å². The lowest BCUT2D eigenvalue weighted by atomic mass is 10.1. The zero-order valence-electron chi connectivity index (χ0n) is 13.7. The monoisotopic (exact) mass is 348 g/mol. The van der Waals surface area contributed by atoms with Crippen molar-refractivity contribution in [3.8, 4) is 0 Å². The van der Waals surface area contributed by atoms with Crippen molar-refractivity contribution in [3.05, 3.63) is 46.7 Å². The van der Waals surface area contributed by atoms with Crippen LogP contribution in [0.5, 0.6) is 0 Å². The van der Waals surface area contributed by atoms with Gasteiger partial charge < -0.3 is 9.42 Å². The fourth-order valence-electron chi connectivity index (χ4n) is 2.73. The van der Waals surface area contributed by atoms with Crippen LogP contribution in [0, 0.1) is 6.92 Å². The Morgan fingerprint density at radius 1 is 1.25 bits per heavy atom. The normalized spacial score (nSPS) is 15.5. The number of amides is 2. The van der Waals surface area contributed by atoms with E-state index in [1.807, 2.05) is 17.0 Å². The highest BCUT2D eigenvalue weighted by Gasteiger charge is 2.21. The standard InChI is InChI=1S/C17H21ClN4O2/c1-13-12-16(20-24-13)19-17(23)22-10-8-21(9-11-22)7-6-14-2-4-15(18)5-3-14/h2-5,12H,6-11H2,1H3,(H,19,20,23). The first-order valence-corrected chi connectivity index (χ1v) is 8.44. The van der Waals surface area contributed by atoms with Crippen LogP contribution in [0.4, 0.5) is 10.6 Å². The number of anilines is 1. The Hall–Kier alpha value is -2.05. The minimum absolute atomic E-state index is 0.124. The summed E-state index contributed by atoms with van der Waals surface area (Å²) in [6, 6.07) is 9.55. The molecule has 1 aromatic heterocycles. The molecule has 2 amide bonds. The molecule has 0 saturated carbocycles. The zero-order valence-corrected chi connectivity index (χ0v) is 14.4. The molecule has 0 spiro atoms. The van der Waals surface area contributed by atoms with Crippen molar-refractivity contribution in [1.29, 1.82) is 0 Å². The number of rotatable bonds is 4. The van der Waals surface area contributed by atoms with Crippen molar-refractivity contribution >= 4 is 23.4 Å². The van der Waals surface area contributed by atoms with Gasteiger partial charge in [-0.2, -0.15) is 0 Å². The molecule has 24 heavy (non-hydrogen) atoms. The van der Waals surface area contributed by atoms with Gasteiger partial charge in [0.2, 0.25) is 0 Å². The lowest BCUT2D eigenvalue weighted by molar-refractivity contribution is 0.148. The fourth-order valence-corrected chi connectivity index (χ4v) is 2.85. The summed E-state index contributed by atoms with van der Waals surface area (Å²) in [5, 5.41) is 7.31. The molecule has 1 fully saturated rings. The minimum atomic E-state index is -0.124. The van der Waals surface area contributed by atoms with Crippen molar-refractivity contribution in [3.63, 3.8) is 0 Å². The maximum Gasteiger partial charge on any atom is 0.323 e. The molecule has 128 valence electrons. The number of aromatic nitrogens is 1. The van der Waals surface area contributed by atoms with E-state index in [1.54, 1.807) is 13.0 Å². The smallest absolute Gasteiger partial charge is 0.323 e. The van der Waals surface area contributed by atoms with Gasteiger partial charge in [-0.3, -0.25) is 10.2 Å². The molecule has 0 aliphatic carbocycles. The zero-order chi connectivity index (χ0) is 16.9. The summed E-state index contributed by atoms with van der Waals surface area (Å²) < 4.78 is 4.95. The van der Waals surface area contributed by atoms with Crippen molar-refractivity contribution < 1.29 is 9.32 Å². The molecule has 2 aromatic rings. The van der Waals surface area contributed by atoms with Crippen molar-refractivity contribution in [2.75, 3.05) is 38.0 Å². The van der Waals surface area contributed by atoms with Gasteiger partial charge in [0.1, 0.15) is 5.76 Å². The molecule has 1 N–H and O–H groups in total. The van der Waals surface area contributed by atoms with E-state index < -0.39 is 0 Å². The number of aryl methyl sites for hydroxylation is 1. The maximum absolute atomic E-state index is 12.2. The maximum atomic E-state index is 12.2. The van der Waals surface area contributed by atoms with Gasteiger partial charge >= 0.3 is 6.03 Å². The van der Waals surface area contributed by atoms with Crippen LogP contribution < -0.4 is 5.32 Å². The number of nitrogens with zero attached hydrogens (tertiary/aromatic N) is 3. The lowest BCUT2D eigenvalue weighted by Crippen LogP contribution is -2.50. The molecule has 1 saturated heterocycles. The number of carbonyl (C=O) groups is 1. The number of hydrogen-bond donors (Lipinski definition) is 1. The highest BCUT2D eigenvalue weighted by molar-refractivity contribution is 6.30. The Kier molecular flexibility index (Phi) is 5.37. The summed E-state index contributed by atoms with van der Waals surface area (Å²) in [6.45, 7) is 5.95. The van der Waals surface area contributed by atoms with Crippen molar-refractivity contribution in [1.82, 2.24) is 15.0 Å². The molecular weight excluding hydrogens is 328 g/mol. The van der Waals surface area contributed by atoms with Gasteiger partial charge in [0.15, 0.2) is 5.82 Å². The van der Waals surface area contributed by atoms with Gasteiger partial charge in [0.25, 0.3) is 0 Å².